The lowest BCUT2D eigenvalue weighted by atomic mass is 10.3. The topological polar surface area (TPSA) is 58.9 Å². The van der Waals surface area contributed by atoms with Crippen LogP contribution in [0.4, 0.5) is 0 Å². The number of allylic oxidation sites excluding steroid dienone is 2. The second-order valence-electron chi connectivity index (χ2n) is 1.92. The molecule has 0 radical (unpaired) electrons. The van der Waals surface area contributed by atoms with Crippen LogP contribution in [0.1, 0.15) is 19.7 Å². The van der Waals surface area contributed by atoms with Crippen molar-refractivity contribution >= 4 is 5.57 Å². The van der Waals surface area contributed by atoms with Crippen LogP contribution in [0.2, 0.25) is 0 Å². The number of nitrogens with zero attached hydrogens (tertiary/aromatic N) is 1. The summed E-state index contributed by atoms with van der Waals surface area (Å²) in [5.74, 6) is -0.0244. The predicted octanol–water partition coefficient (Wildman–Crippen LogP) is 0.786. The third-order valence-corrected chi connectivity index (χ3v) is 1.25. The van der Waals surface area contributed by atoms with Gasteiger partial charge in [0.05, 0.1) is 0 Å². The third kappa shape index (κ3) is 1.15. The standard InChI is InChI=1S/C6H8N2O2/c1-3-4(2)5-7-6(9)10-8-5/h3H,1-2H3,(H,7,8,9)/b4-3-. The van der Waals surface area contributed by atoms with E-state index in [2.05, 4.69) is 14.7 Å². The first-order chi connectivity index (χ1) is 4.74. The summed E-state index contributed by atoms with van der Waals surface area (Å²) in [6.45, 7) is 3.70. The molecule has 0 saturated heterocycles. The van der Waals surface area contributed by atoms with Gasteiger partial charge in [0.1, 0.15) is 0 Å². The number of aromatic nitrogens is 2. The average molecular weight is 140 g/mol. The third-order valence-electron chi connectivity index (χ3n) is 1.25. The number of hydrogen-bond donors (Lipinski definition) is 1. The number of aromatic amines is 1. The molecule has 0 amide bonds. The summed E-state index contributed by atoms with van der Waals surface area (Å²) in [5.41, 5.74) is 0.894. The van der Waals surface area contributed by atoms with Gasteiger partial charge in [-0.25, -0.2) is 4.79 Å². The van der Waals surface area contributed by atoms with Gasteiger partial charge in [0.25, 0.3) is 0 Å². The summed E-state index contributed by atoms with van der Waals surface area (Å²) in [6, 6.07) is 0. The Kier molecular flexibility index (Phi) is 1.71. The molecule has 1 rings (SSSR count). The fraction of sp³-hybridized carbons (Fsp3) is 0.333. The quantitative estimate of drug-likeness (QED) is 0.627. The maximum atomic E-state index is 10.4. The minimum atomic E-state index is -0.517. The summed E-state index contributed by atoms with van der Waals surface area (Å²) < 4.78 is 4.29. The van der Waals surface area contributed by atoms with Crippen molar-refractivity contribution in [2.75, 3.05) is 0 Å². The molecular formula is C6H8N2O2. The first-order valence-electron chi connectivity index (χ1n) is 2.93. The van der Waals surface area contributed by atoms with Crippen LogP contribution in [0.5, 0.6) is 0 Å². The molecule has 1 N–H and O–H groups in total. The molecule has 1 aromatic rings. The van der Waals surface area contributed by atoms with E-state index in [1.54, 1.807) is 0 Å². The summed E-state index contributed by atoms with van der Waals surface area (Å²) in [4.78, 5) is 12.8. The number of hydrogen-bond acceptors (Lipinski definition) is 3. The Morgan fingerprint density at radius 2 is 2.50 bits per heavy atom. The lowest BCUT2D eigenvalue weighted by molar-refractivity contribution is 0.385. The monoisotopic (exact) mass is 140 g/mol. The van der Waals surface area contributed by atoms with Crippen molar-refractivity contribution in [1.82, 2.24) is 10.1 Å². The minimum absolute atomic E-state index is 0.493. The van der Waals surface area contributed by atoms with Crippen LogP contribution in [0, 0.1) is 0 Å². The van der Waals surface area contributed by atoms with Gasteiger partial charge in [-0.1, -0.05) is 11.2 Å². The molecule has 0 aliphatic heterocycles. The Balaban J connectivity index is 3.07. The normalized spacial score (nSPS) is 12.0. The molecule has 4 heteroatoms. The zero-order valence-corrected chi connectivity index (χ0v) is 5.84. The van der Waals surface area contributed by atoms with E-state index in [0.717, 1.165) is 5.57 Å². The van der Waals surface area contributed by atoms with Crippen molar-refractivity contribution in [2.45, 2.75) is 13.8 Å². The molecule has 0 aliphatic carbocycles. The van der Waals surface area contributed by atoms with Gasteiger partial charge in [-0.15, -0.1) is 0 Å². The summed E-state index contributed by atoms with van der Waals surface area (Å²) in [7, 11) is 0. The van der Waals surface area contributed by atoms with Crippen molar-refractivity contribution in [2.24, 2.45) is 0 Å². The Bertz CT molecular complexity index is 295. The highest BCUT2D eigenvalue weighted by Gasteiger charge is 1.99. The fourth-order valence-corrected chi connectivity index (χ4v) is 0.537. The van der Waals surface area contributed by atoms with E-state index in [1.165, 1.54) is 0 Å². The fourth-order valence-electron chi connectivity index (χ4n) is 0.537. The van der Waals surface area contributed by atoms with E-state index >= 15 is 0 Å². The van der Waals surface area contributed by atoms with Crippen LogP contribution < -0.4 is 5.76 Å². The van der Waals surface area contributed by atoms with Crippen molar-refractivity contribution in [3.8, 4) is 0 Å². The number of H-pyrrole nitrogens is 1. The van der Waals surface area contributed by atoms with Crippen molar-refractivity contribution in [1.29, 1.82) is 0 Å². The molecule has 4 nitrogen and oxygen atoms in total. The largest absolute Gasteiger partial charge is 0.439 e. The second kappa shape index (κ2) is 2.51. The van der Waals surface area contributed by atoms with Crippen molar-refractivity contribution < 1.29 is 4.52 Å². The van der Waals surface area contributed by atoms with E-state index in [-0.39, 0.29) is 0 Å². The maximum absolute atomic E-state index is 10.4. The van der Waals surface area contributed by atoms with Gasteiger partial charge in [-0.2, -0.15) is 0 Å². The molecule has 0 aliphatic rings. The average Bonchev–Trinajstić information content (AvgIpc) is 2.34. The highest BCUT2D eigenvalue weighted by molar-refractivity contribution is 5.55. The van der Waals surface area contributed by atoms with E-state index in [4.69, 9.17) is 0 Å². The number of rotatable bonds is 1. The van der Waals surface area contributed by atoms with Crippen LogP contribution in [-0.4, -0.2) is 10.1 Å². The SMILES string of the molecule is C/C=C(/C)c1noc(=O)[nH]1. The van der Waals surface area contributed by atoms with Gasteiger partial charge in [0.2, 0.25) is 0 Å². The lowest BCUT2D eigenvalue weighted by Gasteiger charge is -1.86. The van der Waals surface area contributed by atoms with Gasteiger partial charge in [-0.05, 0) is 19.4 Å². The van der Waals surface area contributed by atoms with Crippen molar-refractivity contribution in [3.05, 3.63) is 22.5 Å². The predicted molar refractivity (Wildman–Crippen MR) is 36.4 cm³/mol. The van der Waals surface area contributed by atoms with Gasteiger partial charge in [0, 0.05) is 0 Å². The van der Waals surface area contributed by atoms with E-state index in [1.807, 2.05) is 19.9 Å². The molecule has 0 aromatic carbocycles. The summed E-state index contributed by atoms with van der Waals surface area (Å²) >= 11 is 0. The highest BCUT2D eigenvalue weighted by atomic mass is 16.5. The zero-order valence-electron chi connectivity index (χ0n) is 5.84. The Hall–Kier alpha value is -1.32. The highest BCUT2D eigenvalue weighted by Crippen LogP contribution is 2.03. The minimum Gasteiger partial charge on any atom is -0.296 e. The summed E-state index contributed by atoms with van der Waals surface area (Å²) in [6.07, 6.45) is 1.84. The molecule has 0 bridgehead atoms. The van der Waals surface area contributed by atoms with Crippen LogP contribution in [0.3, 0.4) is 0 Å². The Labute approximate surface area is 57.5 Å². The van der Waals surface area contributed by atoms with Gasteiger partial charge >= 0.3 is 5.76 Å². The van der Waals surface area contributed by atoms with Crippen LogP contribution in [0.15, 0.2) is 15.4 Å². The summed E-state index contributed by atoms with van der Waals surface area (Å²) in [5, 5.41) is 3.48. The van der Waals surface area contributed by atoms with E-state index in [9.17, 15) is 4.79 Å². The van der Waals surface area contributed by atoms with Gasteiger partial charge in [0.15, 0.2) is 5.82 Å². The van der Waals surface area contributed by atoms with Gasteiger partial charge in [-0.3, -0.25) is 9.51 Å². The molecule has 0 fully saturated rings. The molecule has 1 aromatic heterocycles. The molecular weight excluding hydrogens is 132 g/mol. The molecule has 1 heterocycles. The number of nitrogens with one attached hydrogen (secondary N) is 1. The maximum Gasteiger partial charge on any atom is 0.439 e. The second-order valence-corrected chi connectivity index (χ2v) is 1.92. The first kappa shape index (κ1) is 6.80. The lowest BCUT2D eigenvalue weighted by Crippen LogP contribution is -1.95. The Morgan fingerprint density at radius 1 is 1.80 bits per heavy atom. The van der Waals surface area contributed by atoms with Gasteiger partial charge < -0.3 is 0 Å². The zero-order chi connectivity index (χ0) is 7.56. The van der Waals surface area contributed by atoms with Crippen LogP contribution in [-0.2, 0) is 0 Å². The molecule has 54 valence electrons. The molecule has 0 spiro atoms. The molecule has 0 unspecified atom stereocenters. The smallest absolute Gasteiger partial charge is 0.296 e. The molecule has 0 atom stereocenters. The van der Waals surface area contributed by atoms with Crippen molar-refractivity contribution in [3.63, 3.8) is 0 Å². The molecule has 10 heavy (non-hydrogen) atoms. The van der Waals surface area contributed by atoms with E-state index in [0.29, 0.717) is 5.82 Å². The van der Waals surface area contributed by atoms with Crippen LogP contribution >= 0.6 is 0 Å². The molecule has 0 saturated carbocycles. The first-order valence-corrected chi connectivity index (χ1v) is 2.93. The Morgan fingerprint density at radius 3 is 2.90 bits per heavy atom. The van der Waals surface area contributed by atoms with E-state index < -0.39 is 5.76 Å². The van der Waals surface area contributed by atoms with Crippen LogP contribution in [0.25, 0.3) is 5.57 Å².